The van der Waals surface area contributed by atoms with Crippen molar-refractivity contribution in [3.05, 3.63) is 72.1 Å². The first-order chi connectivity index (χ1) is 17.0. The van der Waals surface area contributed by atoms with Crippen LogP contribution in [-0.2, 0) is 16.6 Å². The third-order valence-corrected chi connectivity index (χ3v) is 6.18. The fourth-order valence-corrected chi connectivity index (χ4v) is 4.35. The molecule has 1 aliphatic heterocycles. The van der Waals surface area contributed by atoms with Gasteiger partial charge in [0.15, 0.2) is 0 Å². The van der Waals surface area contributed by atoms with Crippen LogP contribution in [0.1, 0.15) is 11.1 Å². The van der Waals surface area contributed by atoms with Gasteiger partial charge in [0.1, 0.15) is 0 Å². The minimum absolute atomic E-state index is 0.468. The zero-order valence-electron chi connectivity index (χ0n) is 19.9. The lowest BCUT2D eigenvalue weighted by molar-refractivity contribution is -0.113. The molecule has 2 aromatic carbocycles. The van der Waals surface area contributed by atoms with Gasteiger partial charge in [-0.2, -0.15) is 0 Å². The Morgan fingerprint density at radius 1 is 1.14 bits per heavy atom. The van der Waals surface area contributed by atoms with Gasteiger partial charge in [0.2, 0.25) is 11.9 Å². The highest BCUT2D eigenvalue weighted by molar-refractivity contribution is 5.97. The van der Waals surface area contributed by atoms with Gasteiger partial charge in [-0.15, -0.1) is 0 Å². The highest BCUT2D eigenvalue weighted by Gasteiger charge is 2.15. The minimum atomic E-state index is -0.468. The van der Waals surface area contributed by atoms with Crippen LogP contribution in [0.3, 0.4) is 0 Å². The number of nitrogens with one attached hydrogen (secondary N) is 1. The maximum atomic E-state index is 11.1. The molecular weight excluding hydrogens is 440 g/mol. The van der Waals surface area contributed by atoms with E-state index in [1.807, 2.05) is 50.5 Å². The quantitative estimate of drug-likeness (QED) is 0.415. The Kier molecular flexibility index (Phi) is 6.20. The second kappa shape index (κ2) is 9.60. The summed E-state index contributed by atoms with van der Waals surface area (Å²) in [6.45, 7) is 5.36. The van der Waals surface area contributed by atoms with Gasteiger partial charge >= 0.3 is 0 Å². The van der Waals surface area contributed by atoms with Crippen molar-refractivity contribution in [1.82, 2.24) is 14.5 Å². The molecule has 8 heteroatoms. The van der Waals surface area contributed by atoms with Crippen LogP contribution in [0.25, 0.3) is 28.2 Å². The third-order valence-electron chi connectivity index (χ3n) is 6.18. The van der Waals surface area contributed by atoms with Crippen molar-refractivity contribution in [2.45, 2.75) is 6.92 Å². The van der Waals surface area contributed by atoms with Gasteiger partial charge in [-0.1, -0.05) is 12.1 Å². The first kappa shape index (κ1) is 22.6. The van der Waals surface area contributed by atoms with E-state index in [0.29, 0.717) is 5.95 Å². The van der Waals surface area contributed by atoms with Crippen LogP contribution in [0.15, 0.2) is 60.9 Å². The van der Waals surface area contributed by atoms with Gasteiger partial charge in [-0.3, -0.25) is 4.79 Å². The number of nitrogens with two attached hydrogens (primary N) is 1. The number of fused-ring (bicyclic) bond motifs is 1. The van der Waals surface area contributed by atoms with Crippen molar-refractivity contribution >= 4 is 40.2 Å². The van der Waals surface area contributed by atoms with Crippen LogP contribution in [0, 0.1) is 6.92 Å². The Balaban J connectivity index is 1.42. The molecule has 178 valence electrons. The summed E-state index contributed by atoms with van der Waals surface area (Å²) >= 11 is 0. The summed E-state index contributed by atoms with van der Waals surface area (Å²) in [5.41, 5.74) is 12.2. The smallest absolute Gasteiger partial charge is 0.241 e. The third kappa shape index (κ3) is 4.88. The summed E-state index contributed by atoms with van der Waals surface area (Å²) in [7, 11) is 2.00. The monoisotopic (exact) mass is 468 g/mol. The van der Waals surface area contributed by atoms with Crippen molar-refractivity contribution in [2.24, 2.45) is 12.8 Å². The standard InChI is InChI=1S/C27H28N6O2/c1-18-16-29-27(30-20-5-7-21(8-6-20)33-11-13-35-14-12-33)31-26(18)23-17-32(2)24-15-19(3-9-22(23)24)4-10-25(28)34/h3-10,15-17H,11-14H2,1-2H3,(H2,28,34)(H,29,30,31). The zero-order valence-corrected chi connectivity index (χ0v) is 19.9. The van der Waals surface area contributed by atoms with Crippen LogP contribution < -0.4 is 16.0 Å². The number of aryl methyl sites for hydroxylation is 2. The lowest BCUT2D eigenvalue weighted by Crippen LogP contribution is -2.36. The largest absolute Gasteiger partial charge is 0.378 e. The summed E-state index contributed by atoms with van der Waals surface area (Å²) in [6, 6.07) is 14.4. The highest BCUT2D eigenvalue weighted by Crippen LogP contribution is 2.32. The fraction of sp³-hybridized carbons (Fsp3) is 0.222. The number of amides is 1. The Hall–Kier alpha value is -4.17. The summed E-state index contributed by atoms with van der Waals surface area (Å²) < 4.78 is 7.50. The predicted molar refractivity (Wildman–Crippen MR) is 140 cm³/mol. The molecule has 0 aliphatic carbocycles. The molecule has 3 heterocycles. The first-order valence-electron chi connectivity index (χ1n) is 11.6. The molecule has 3 N–H and O–H groups in total. The minimum Gasteiger partial charge on any atom is -0.378 e. The molecular formula is C27H28N6O2. The lowest BCUT2D eigenvalue weighted by atomic mass is 10.1. The molecule has 5 rings (SSSR count). The number of hydrogen-bond donors (Lipinski definition) is 2. The number of morpholine rings is 1. The topological polar surface area (TPSA) is 98.3 Å². The van der Waals surface area contributed by atoms with E-state index in [-0.39, 0.29) is 0 Å². The average Bonchev–Trinajstić information content (AvgIpc) is 3.20. The summed E-state index contributed by atoms with van der Waals surface area (Å²) in [5, 5.41) is 4.41. The number of nitrogens with zero attached hydrogens (tertiary/aromatic N) is 4. The van der Waals surface area contributed by atoms with Crippen LogP contribution in [0.2, 0.25) is 0 Å². The second-order valence-electron chi connectivity index (χ2n) is 8.66. The van der Waals surface area contributed by atoms with Gasteiger partial charge < -0.3 is 25.3 Å². The normalized spacial score (nSPS) is 14.1. The number of aromatic nitrogens is 3. The molecule has 0 bridgehead atoms. The number of carbonyl (C=O) groups is 1. The number of hydrogen-bond acceptors (Lipinski definition) is 6. The first-order valence-corrected chi connectivity index (χ1v) is 11.6. The molecule has 1 saturated heterocycles. The van der Waals surface area contributed by atoms with Gasteiger partial charge in [0.05, 0.1) is 18.9 Å². The van der Waals surface area contributed by atoms with E-state index in [2.05, 4.69) is 38.1 Å². The average molecular weight is 469 g/mol. The molecule has 35 heavy (non-hydrogen) atoms. The Morgan fingerprint density at radius 3 is 2.66 bits per heavy atom. The molecule has 0 radical (unpaired) electrons. The van der Waals surface area contributed by atoms with E-state index in [1.165, 1.54) is 11.8 Å². The Morgan fingerprint density at radius 2 is 1.91 bits per heavy atom. The van der Waals surface area contributed by atoms with Gasteiger partial charge in [0.25, 0.3) is 0 Å². The molecule has 1 aliphatic rings. The number of benzene rings is 2. The van der Waals surface area contributed by atoms with Crippen LogP contribution in [-0.4, -0.2) is 46.7 Å². The Bertz CT molecular complexity index is 1400. The lowest BCUT2D eigenvalue weighted by Gasteiger charge is -2.28. The number of carbonyl (C=O) groups excluding carboxylic acids is 1. The van der Waals surface area contributed by atoms with Crippen molar-refractivity contribution in [3.63, 3.8) is 0 Å². The second-order valence-corrected chi connectivity index (χ2v) is 8.66. The molecule has 0 saturated carbocycles. The van der Waals surface area contributed by atoms with Crippen LogP contribution in [0.4, 0.5) is 17.3 Å². The summed E-state index contributed by atoms with van der Waals surface area (Å²) in [6.07, 6.45) is 7.00. The van der Waals surface area contributed by atoms with Gasteiger partial charge in [0, 0.05) is 66.4 Å². The zero-order chi connectivity index (χ0) is 24.4. The molecule has 0 atom stereocenters. The fourth-order valence-electron chi connectivity index (χ4n) is 4.35. The van der Waals surface area contributed by atoms with Crippen molar-refractivity contribution in [3.8, 4) is 11.3 Å². The van der Waals surface area contributed by atoms with Crippen molar-refractivity contribution in [1.29, 1.82) is 0 Å². The molecule has 1 fully saturated rings. The van der Waals surface area contributed by atoms with Crippen LogP contribution >= 0.6 is 0 Å². The number of ether oxygens (including phenoxy) is 1. The number of rotatable bonds is 6. The maximum absolute atomic E-state index is 11.1. The van der Waals surface area contributed by atoms with E-state index < -0.39 is 5.91 Å². The SMILES string of the molecule is Cc1cnc(Nc2ccc(N3CCOCC3)cc2)nc1-c1cn(C)c2cc(C=CC(N)=O)ccc12. The summed E-state index contributed by atoms with van der Waals surface area (Å²) in [4.78, 5) is 22.8. The molecule has 4 aromatic rings. The van der Waals surface area contributed by atoms with Crippen molar-refractivity contribution in [2.75, 3.05) is 36.5 Å². The molecule has 8 nitrogen and oxygen atoms in total. The van der Waals surface area contributed by atoms with Crippen molar-refractivity contribution < 1.29 is 9.53 Å². The molecule has 0 unspecified atom stereocenters. The van der Waals surface area contributed by atoms with E-state index in [4.69, 9.17) is 15.5 Å². The van der Waals surface area contributed by atoms with Gasteiger partial charge in [-0.05, 0) is 54.5 Å². The number of primary amides is 1. The maximum Gasteiger partial charge on any atom is 0.241 e. The Labute approximate surface area is 204 Å². The molecule has 2 aromatic heterocycles. The summed E-state index contributed by atoms with van der Waals surface area (Å²) in [5.74, 6) is 0.0766. The van der Waals surface area contributed by atoms with E-state index in [0.717, 1.165) is 65.3 Å². The predicted octanol–water partition coefficient (Wildman–Crippen LogP) is 4.02. The molecule has 1 amide bonds. The highest BCUT2D eigenvalue weighted by atomic mass is 16.5. The van der Waals surface area contributed by atoms with E-state index in [9.17, 15) is 4.79 Å². The number of anilines is 3. The van der Waals surface area contributed by atoms with Gasteiger partial charge in [-0.25, -0.2) is 9.97 Å². The van der Waals surface area contributed by atoms with Crippen LogP contribution in [0.5, 0.6) is 0 Å². The van der Waals surface area contributed by atoms with E-state index >= 15 is 0 Å². The molecule has 0 spiro atoms. The van der Waals surface area contributed by atoms with E-state index in [1.54, 1.807) is 6.08 Å².